The Morgan fingerprint density at radius 2 is 2.15 bits per heavy atom. The first-order chi connectivity index (χ1) is 9.61. The molecule has 20 heavy (non-hydrogen) atoms. The molecule has 0 aliphatic rings. The largest absolute Gasteiger partial charge is 0.478 e. The number of nitrogens with zero attached hydrogens (tertiary/aromatic N) is 1. The number of rotatable bonds is 6. The molecule has 2 rings (SSSR count). The lowest BCUT2D eigenvalue weighted by molar-refractivity contribution is 0.0698. The number of aromatic nitrogens is 1. The molecule has 0 radical (unpaired) electrons. The van der Waals surface area contributed by atoms with Gasteiger partial charge >= 0.3 is 5.97 Å². The predicted octanol–water partition coefficient (Wildman–Crippen LogP) is 2.11. The van der Waals surface area contributed by atoms with Crippen molar-refractivity contribution in [1.82, 2.24) is 4.98 Å². The van der Waals surface area contributed by atoms with Crippen molar-refractivity contribution in [3.05, 3.63) is 35.9 Å². The van der Waals surface area contributed by atoms with E-state index in [1.165, 1.54) is 0 Å². The molecule has 0 aliphatic carbocycles. The van der Waals surface area contributed by atoms with Gasteiger partial charge in [0.15, 0.2) is 0 Å². The van der Waals surface area contributed by atoms with Gasteiger partial charge in [-0.2, -0.15) is 0 Å². The van der Waals surface area contributed by atoms with Crippen LogP contribution in [0.1, 0.15) is 17.3 Å². The van der Waals surface area contributed by atoms with Crippen LogP contribution in [0, 0.1) is 0 Å². The number of benzene rings is 1. The summed E-state index contributed by atoms with van der Waals surface area (Å²) < 4.78 is 11.4. The third-order valence-electron chi connectivity index (χ3n) is 2.90. The Morgan fingerprint density at radius 3 is 2.85 bits per heavy atom. The number of nitrogens with one attached hydrogen (secondary N) is 1. The topological polar surface area (TPSA) is 79.3 Å². The summed E-state index contributed by atoms with van der Waals surface area (Å²) in [5, 5.41) is 13.0. The van der Waals surface area contributed by atoms with Gasteiger partial charge in [-0.1, -0.05) is 25.1 Å². The Bertz CT molecular complexity index is 658. The molecular formula is C14H16N2O3S. The van der Waals surface area contributed by atoms with Gasteiger partial charge in [0, 0.05) is 34.2 Å². The van der Waals surface area contributed by atoms with Gasteiger partial charge in [-0.3, -0.25) is 4.21 Å². The van der Waals surface area contributed by atoms with Crippen LogP contribution >= 0.6 is 0 Å². The quantitative estimate of drug-likeness (QED) is 0.852. The van der Waals surface area contributed by atoms with Crippen LogP contribution in [0.4, 0.5) is 5.82 Å². The first-order valence-corrected chi connectivity index (χ1v) is 7.82. The Balaban J connectivity index is 2.27. The average Bonchev–Trinajstić information content (AvgIpc) is 2.46. The van der Waals surface area contributed by atoms with Crippen LogP contribution in [0.5, 0.6) is 0 Å². The van der Waals surface area contributed by atoms with E-state index in [9.17, 15) is 14.1 Å². The maximum absolute atomic E-state index is 11.4. The van der Waals surface area contributed by atoms with Crippen molar-refractivity contribution in [2.24, 2.45) is 0 Å². The van der Waals surface area contributed by atoms with Gasteiger partial charge in [-0.05, 0) is 12.1 Å². The van der Waals surface area contributed by atoms with E-state index in [2.05, 4.69) is 10.3 Å². The number of anilines is 1. The summed E-state index contributed by atoms with van der Waals surface area (Å²) in [6.45, 7) is 2.29. The average molecular weight is 292 g/mol. The van der Waals surface area contributed by atoms with Crippen molar-refractivity contribution < 1.29 is 14.1 Å². The molecule has 1 aromatic carbocycles. The van der Waals surface area contributed by atoms with Gasteiger partial charge in [-0.15, -0.1) is 0 Å². The highest BCUT2D eigenvalue weighted by Gasteiger charge is 2.13. The smallest absolute Gasteiger partial charge is 0.339 e. The lowest BCUT2D eigenvalue weighted by atomic mass is 10.1. The molecule has 106 valence electrons. The number of para-hydroxylation sites is 1. The first kappa shape index (κ1) is 14.5. The van der Waals surface area contributed by atoms with Crippen LogP contribution < -0.4 is 5.32 Å². The molecule has 6 heteroatoms. The van der Waals surface area contributed by atoms with Crippen LogP contribution in [-0.4, -0.2) is 38.3 Å². The number of fused-ring (bicyclic) bond motifs is 1. The van der Waals surface area contributed by atoms with Crippen molar-refractivity contribution >= 4 is 33.5 Å². The zero-order valence-electron chi connectivity index (χ0n) is 11.1. The number of carboxylic acid groups (broad SMARTS) is 1. The van der Waals surface area contributed by atoms with Gasteiger partial charge in [0.25, 0.3) is 0 Å². The van der Waals surface area contributed by atoms with Gasteiger partial charge < -0.3 is 10.4 Å². The molecule has 2 N–H and O–H groups in total. The van der Waals surface area contributed by atoms with E-state index in [0.717, 1.165) is 10.9 Å². The van der Waals surface area contributed by atoms with Gasteiger partial charge in [0.2, 0.25) is 0 Å². The highest BCUT2D eigenvalue weighted by atomic mass is 32.2. The summed E-state index contributed by atoms with van der Waals surface area (Å²) >= 11 is 0. The van der Waals surface area contributed by atoms with E-state index in [-0.39, 0.29) is 5.56 Å². The zero-order chi connectivity index (χ0) is 14.5. The normalized spacial score (nSPS) is 12.2. The van der Waals surface area contributed by atoms with E-state index >= 15 is 0 Å². The summed E-state index contributed by atoms with van der Waals surface area (Å²) in [6.07, 6.45) is 0. The number of pyridine rings is 1. The van der Waals surface area contributed by atoms with E-state index in [4.69, 9.17) is 0 Å². The van der Waals surface area contributed by atoms with Crippen LogP contribution in [0.3, 0.4) is 0 Å². The second kappa shape index (κ2) is 6.47. The molecule has 0 amide bonds. The SMILES string of the molecule is CCS(=O)CCNc1nc2ccccc2cc1C(=O)O. The molecule has 0 bridgehead atoms. The lowest BCUT2D eigenvalue weighted by Gasteiger charge is -2.09. The molecule has 0 spiro atoms. The molecule has 1 atom stereocenters. The Hall–Kier alpha value is -1.95. The van der Waals surface area contributed by atoms with Crippen molar-refractivity contribution in [2.45, 2.75) is 6.92 Å². The molecule has 0 aliphatic heterocycles. The van der Waals surface area contributed by atoms with Gasteiger partial charge in [0.1, 0.15) is 11.4 Å². The van der Waals surface area contributed by atoms with Crippen molar-refractivity contribution in [3.8, 4) is 0 Å². The third kappa shape index (κ3) is 3.33. The Morgan fingerprint density at radius 1 is 1.40 bits per heavy atom. The third-order valence-corrected chi connectivity index (χ3v) is 4.20. The van der Waals surface area contributed by atoms with E-state index in [0.29, 0.717) is 23.9 Å². The molecular weight excluding hydrogens is 276 g/mol. The lowest BCUT2D eigenvalue weighted by Crippen LogP contribution is -2.15. The van der Waals surface area contributed by atoms with Crippen molar-refractivity contribution in [2.75, 3.05) is 23.4 Å². The van der Waals surface area contributed by atoms with E-state index < -0.39 is 16.8 Å². The highest BCUT2D eigenvalue weighted by molar-refractivity contribution is 7.84. The summed E-state index contributed by atoms with van der Waals surface area (Å²) in [6, 6.07) is 8.95. The zero-order valence-corrected chi connectivity index (χ0v) is 11.9. The second-order valence-corrected chi connectivity index (χ2v) is 6.11. The second-order valence-electron chi connectivity index (χ2n) is 4.24. The van der Waals surface area contributed by atoms with Crippen molar-refractivity contribution in [1.29, 1.82) is 0 Å². The molecule has 1 unspecified atom stereocenters. The molecule has 1 aromatic heterocycles. The van der Waals surface area contributed by atoms with E-state index in [1.54, 1.807) is 6.07 Å². The summed E-state index contributed by atoms with van der Waals surface area (Å²) in [7, 11) is -0.883. The molecule has 0 fully saturated rings. The van der Waals surface area contributed by atoms with Crippen LogP contribution in [0.2, 0.25) is 0 Å². The summed E-state index contributed by atoms with van der Waals surface area (Å²) in [5.74, 6) is 0.370. The van der Waals surface area contributed by atoms with Gasteiger partial charge in [0.05, 0.1) is 5.52 Å². The fourth-order valence-electron chi connectivity index (χ4n) is 1.84. The van der Waals surface area contributed by atoms with Crippen molar-refractivity contribution in [3.63, 3.8) is 0 Å². The number of aromatic carboxylic acids is 1. The number of carboxylic acids is 1. The Labute approximate surface area is 119 Å². The molecule has 5 nitrogen and oxygen atoms in total. The maximum Gasteiger partial charge on any atom is 0.339 e. The van der Waals surface area contributed by atoms with E-state index in [1.807, 2.05) is 31.2 Å². The molecule has 2 aromatic rings. The minimum absolute atomic E-state index is 0.131. The fraction of sp³-hybridized carbons (Fsp3) is 0.286. The number of hydrogen-bond acceptors (Lipinski definition) is 4. The number of hydrogen-bond donors (Lipinski definition) is 2. The standard InChI is InChI=1S/C14H16N2O3S/c1-2-20(19)8-7-15-13-11(14(17)18)9-10-5-3-4-6-12(10)16-13/h3-6,9H,2,7-8H2,1H3,(H,15,16)(H,17,18). The number of carbonyl (C=O) groups is 1. The van der Waals surface area contributed by atoms with Crippen LogP contribution in [-0.2, 0) is 10.8 Å². The Kier molecular flexibility index (Phi) is 4.68. The molecule has 0 saturated heterocycles. The monoisotopic (exact) mass is 292 g/mol. The predicted molar refractivity (Wildman–Crippen MR) is 80.7 cm³/mol. The molecule has 1 heterocycles. The fourth-order valence-corrected chi connectivity index (χ4v) is 2.46. The maximum atomic E-state index is 11.4. The highest BCUT2D eigenvalue weighted by Crippen LogP contribution is 2.20. The summed E-state index contributed by atoms with van der Waals surface area (Å²) in [4.78, 5) is 15.6. The molecule has 0 saturated carbocycles. The van der Waals surface area contributed by atoms with Crippen LogP contribution in [0.15, 0.2) is 30.3 Å². The van der Waals surface area contributed by atoms with Gasteiger partial charge in [-0.25, -0.2) is 9.78 Å². The summed E-state index contributed by atoms with van der Waals surface area (Å²) in [5.41, 5.74) is 0.864. The minimum atomic E-state index is -1.03. The minimum Gasteiger partial charge on any atom is -0.478 e. The first-order valence-electron chi connectivity index (χ1n) is 6.33. The van der Waals surface area contributed by atoms with Crippen LogP contribution in [0.25, 0.3) is 10.9 Å².